The van der Waals surface area contributed by atoms with Gasteiger partial charge in [0.05, 0.1) is 6.61 Å². The molecule has 96 valence electrons. The van der Waals surface area contributed by atoms with E-state index in [4.69, 9.17) is 15.2 Å². The summed E-state index contributed by atoms with van der Waals surface area (Å²) in [7, 11) is 0. The van der Waals surface area contributed by atoms with Crippen LogP contribution in [0.5, 0.6) is 5.75 Å². The van der Waals surface area contributed by atoms with Crippen LogP contribution in [-0.2, 0) is 4.74 Å². The first-order valence-electron chi connectivity index (χ1n) is 6.16. The van der Waals surface area contributed by atoms with Crippen LogP contribution in [0, 0.1) is 0 Å². The third-order valence-corrected chi connectivity index (χ3v) is 2.60. The van der Waals surface area contributed by atoms with E-state index in [1.807, 2.05) is 24.3 Å². The summed E-state index contributed by atoms with van der Waals surface area (Å²) < 4.78 is 11.0. The van der Waals surface area contributed by atoms with Crippen molar-refractivity contribution < 1.29 is 9.47 Å². The molecule has 0 saturated carbocycles. The second-order valence-electron chi connectivity index (χ2n) is 4.01. The van der Waals surface area contributed by atoms with E-state index < -0.39 is 0 Å². The van der Waals surface area contributed by atoms with Crippen LogP contribution in [0.3, 0.4) is 0 Å². The van der Waals surface area contributed by atoms with Crippen molar-refractivity contribution in [3.63, 3.8) is 0 Å². The number of rotatable bonds is 6. The molecule has 2 aromatic rings. The molecule has 2 rings (SSSR count). The molecular weight excluding hydrogens is 228 g/mol. The first kappa shape index (κ1) is 12.6. The van der Waals surface area contributed by atoms with Crippen LogP contribution >= 0.6 is 0 Å². The number of nitrogen functional groups attached to an aromatic ring is 1. The molecule has 1 aromatic carbocycles. The predicted octanol–water partition coefficient (Wildman–Crippen LogP) is 2.62. The van der Waals surface area contributed by atoms with Gasteiger partial charge >= 0.3 is 0 Å². The minimum atomic E-state index is 0.523. The minimum absolute atomic E-state index is 0.523. The Morgan fingerprint density at radius 2 is 2.06 bits per heavy atom. The molecule has 0 saturated heterocycles. The number of fused-ring (bicyclic) bond motifs is 1. The average molecular weight is 246 g/mol. The highest BCUT2D eigenvalue weighted by Gasteiger charge is 2.05. The Bertz CT molecular complexity index is 514. The van der Waals surface area contributed by atoms with Crippen LogP contribution < -0.4 is 10.5 Å². The molecule has 0 bridgehead atoms. The number of nitrogens with zero attached hydrogens (tertiary/aromatic N) is 1. The van der Waals surface area contributed by atoms with Crippen molar-refractivity contribution in [2.45, 2.75) is 13.3 Å². The van der Waals surface area contributed by atoms with Crippen LogP contribution in [0.25, 0.3) is 10.9 Å². The molecule has 0 atom stereocenters. The fourth-order valence-corrected chi connectivity index (χ4v) is 1.74. The fourth-order valence-electron chi connectivity index (χ4n) is 1.74. The van der Waals surface area contributed by atoms with Gasteiger partial charge < -0.3 is 15.2 Å². The number of aromatic nitrogens is 1. The Morgan fingerprint density at radius 3 is 2.89 bits per heavy atom. The van der Waals surface area contributed by atoms with Gasteiger partial charge in [0, 0.05) is 23.9 Å². The average Bonchev–Trinajstić information content (AvgIpc) is 2.41. The third kappa shape index (κ3) is 2.90. The third-order valence-electron chi connectivity index (χ3n) is 2.60. The molecule has 18 heavy (non-hydrogen) atoms. The summed E-state index contributed by atoms with van der Waals surface area (Å²) in [6.07, 6.45) is 2.76. The van der Waals surface area contributed by atoms with Gasteiger partial charge in [0.2, 0.25) is 0 Å². The maximum absolute atomic E-state index is 5.90. The maximum Gasteiger partial charge on any atom is 0.145 e. The summed E-state index contributed by atoms with van der Waals surface area (Å²) in [4.78, 5) is 4.31. The zero-order chi connectivity index (χ0) is 12.8. The lowest BCUT2D eigenvalue weighted by Gasteiger charge is -2.10. The zero-order valence-electron chi connectivity index (χ0n) is 10.6. The summed E-state index contributed by atoms with van der Waals surface area (Å²) in [6.45, 7) is 3.96. The SMILES string of the molecule is CCCOCCOc1ccc(N)c2cccnc12. The first-order chi connectivity index (χ1) is 8.83. The lowest BCUT2D eigenvalue weighted by Crippen LogP contribution is -2.07. The molecule has 0 fully saturated rings. The van der Waals surface area contributed by atoms with Gasteiger partial charge in [0.15, 0.2) is 0 Å². The number of hydrogen-bond acceptors (Lipinski definition) is 4. The summed E-state index contributed by atoms with van der Waals surface area (Å²) in [6, 6.07) is 7.50. The topological polar surface area (TPSA) is 57.4 Å². The van der Waals surface area contributed by atoms with Gasteiger partial charge in [-0.15, -0.1) is 0 Å². The lowest BCUT2D eigenvalue weighted by atomic mass is 10.2. The van der Waals surface area contributed by atoms with Crippen molar-refractivity contribution in [1.29, 1.82) is 0 Å². The highest BCUT2D eigenvalue weighted by atomic mass is 16.5. The standard InChI is InChI=1S/C14H18N2O2/c1-2-8-17-9-10-18-13-6-5-12(15)11-4-3-7-16-14(11)13/h3-7H,2,8-10,15H2,1H3. The molecule has 0 amide bonds. The molecule has 0 aliphatic rings. The van der Waals surface area contributed by atoms with Crippen LogP contribution in [0.15, 0.2) is 30.5 Å². The molecule has 4 nitrogen and oxygen atoms in total. The van der Waals surface area contributed by atoms with Crippen LogP contribution in [0.1, 0.15) is 13.3 Å². The second kappa shape index (κ2) is 6.21. The summed E-state index contributed by atoms with van der Waals surface area (Å²) >= 11 is 0. The van der Waals surface area contributed by atoms with Gasteiger partial charge in [-0.3, -0.25) is 4.98 Å². The number of ether oxygens (including phenoxy) is 2. The molecule has 1 heterocycles. The van der Waals surface area contributed by atoms with Gasteiger partial charge in [-0.1, -0.05) is 6.92 Å². The van der Waals surface area contributed by atoms with Crippen molar-refractivity contribution in [3.8, 4) is 5.75 Å². The Morgan fingerprint density at radius 1 is 1.17 bits per heavy atom. The van der Waals surface area contributed by atoms with Gasteiger partial charge in [-0.2, -0.15) is 0 Å². The van der Waals surface area contributed by atoms with E-state index in [2.05, 4.69) is 11.9 Å². The van der Waals surface area contributed by atoms with Crippen molar-refractivity contribution in [2.75, 3.05) is 25.6 Å². The zero-order valence-corrected chi connectivity index (χ0v) is 10.6. The molecule has 0 spiro atoms. The number of benzene rings is 1. The maximum atomic E-state index is 5.90. The Kier molecular flexibility index (Phi) is 4.36. The fraction of sp³-hybridized carbons (Fsp3) is 0.357. The van der Waals surface area contributed by atoms with E-state index in [1.54, 1.807) is 6.20 Å². The predicted molar refractivity (Wildman–Crippen MR) is 72.8 cm³/mol. The van der Waals surface area contributed by atoms with Crippen molar-refractivity contribution >= 4 is 16.6 Å². The van der Waals surface area contributed by atoms with Crippen molar-refractivity contribution in [3.05, 3.63) is 30.5 Å². The largest absolute Gasteiger partial charge is 0.489 e. The van der Waals surface area contributed by atoms with E-state index in [1.165, 1.54) is 0 Å². The lowest BCUT2D eigenvalue weighted by molar-refractivity contribution is 0.101. The smallest absolute Gasteiger partial charge is 0.145 e. The van der Waals surface area contributed by atoms with Crippen LogP contribution in [-0.4, -0.2) is 24.8 Å². The molecule has 4 heteroatoms. The molecular formula is C14H18N2O2. The van der Waals surface area contributed by atoms with Crippen LogP contribution in [0.2, 0.25) is 0 Å². The summed E-state index contributed by atoms with van der Waals surface area (Å²) in [5, 5.41) is 0.921. The quantitative estimate of drug-likeness (QED) is 0.628. The van der Waals surface area contributed by atoms with Crippen LogP contribution in [0.4, 0.5) is 5.69 Å². The Balaban J connectivity index is 2.07. The normalized spacial score (nSPS) is 10.7. The Hall–Kier alpha value is -1.81. The van der Waals surface area contributed by atoms with Gasteiger partial charge in [-0.25, -0.2) is 0 Å². The molecule has 1 aromatic heterocycles. The first-order valence-corrected chi connectivity index (χ1v) is 6.16. The Labute approximate surface area is 107 Å². The monoisotopic (exact) mass is 246 g/mol. The summed E-state index contributed by atoms with van der Waals surface area (Å²) in [5.74, 6) is 0.750. The summed E-state index contributed by atoms with van der Waals surface area (Å²) in [5.41, 5.74) is 7.41. The number of hydrogen-bond donors (Lipinski definition) is 1. The highest BCUT2D eigenvalue weighted by molar-refractivity contribution is 5.94. The van der Waals surface area contributed by atoms with Gasteiger partial charge in [0.25, 0.3) is 0 Å². The van der Waals surface area contributed by atoms with E-state index in [0.717, 1.165) is 29.7 Å². The van der Waals surface area contributed by atoms with E-state index in [0.29, 0.717) is 18.9 Å². The number of nitrogens with two attached hydrogens (primary N) is 1. The molecule has 0 aliphatic heterocycles. The van der Waals surface area contributed by atoms with Crippen molar-refractivity contribution in [2.24, 2.45) is 0 Å². The van der Waals surface area contributed by atoms with E-state index in [-0.39, 0.29) is 0 Å². The molecule has 0 radical (unpaired) electrons. The van der Waals surface area contributed by atoms with Gasteiger partial charge in [-0.05, 0) is 30.7 Å². The minimum Gasteiger partial charge on any atom is -0.489 e. The second-order valence-corrected chi connectivity index (χ2v) is 4.01. The molecule has 2 N–H and O–H groups in total. The van der Waals surface area contributed by atoms with Crippen molar-refractivity contribution in [1.82, 2.24) is 4.98 Å². The van der Waals surface area contributed by atoms with E-state index >= 15 is 0 Å². The molecule has 0 unspecified atom stereocenters. The highest BCUT2D eigenvalue weighted by Crippen LogP contribution is 2.27. The number of anilines is 1. The van der Waals surface area contributed by atoms with Gasteiger partial charge in [0.1, 0.15) is 17.9 Å². The van der Waals surface area contributed by atoms with E-state index in [9.17, 15) is 0 Å². The molecule has 0 aliphatic carbocycles. The number of pyridine rings is 1.